The van der Waals surface area contributed by atoms with Crippen molar-refractivity contribution in [3.63, 3.8) is 0 Å². The average molecular weight is 379 g/mol. The van der Waals surface area contributed by atoms with Gasteiger partial charge in [0.1, 0.15) is 0 Å². The van der Waals surface area contributed by atoms with Crippen LogP contribution >= 0.6 is 24.0 Å². The van der Waals surface area contributed by atoms with Gasteiger partial charge in [-0.1, -0.05) is 26.7 Å². The normalized spacial score (nSPS) is 22.4. The van der Waals surface area contributed by atoms with Gasteiger partial charge in [0.25, 0.3) is 0 Å². The highest BCUT2D eigenvalue weighted by atomic mass is 127. The van der Waals surface area contributed by atoms with Crippen LogP contribution in [0.5, 0.6) is 0 Å². The summed E-state index contributed by atoms with van der Waals surface area (Å²) in [4.78, 5) is 6.88. The molecule has 112 valence electrons. The first-order valence-electron chi connectivity index (χ1n) is 7.55. The number of nitrogens with zero attached hydrogens (tertiary/aromatic N) is 2. The molecule has 0 unspecified atom stereocenters. The van der Waals surface area contributed by atoms with E-state index in [4.69, 9.17) is 10.7 Å². The minimum Gasteiger partial charge on any atom is -0.370 e. The lowest BCUT2D eigenvalue weighted by molar-refractivity contribution is 0.244. The van der Waals surface area contributed by atoms with E-state index in [0.717, 1.165) is 18.4 Å². The Morgan fingerprint density at radius 1 is 1.32 bits per heavy atom. The number of hydrogen-bond acceptors (Lipinski definition) is 1. The molecule has 0 heterocycles. The SMILES string of the molecule is CC(C)CC1(CN=C(N)N(C)C2CC2)CCCC1.I. The second kappa shape index (κ2) is 7.14. The highest BCUT2D eigenvalue weighted by molar-refractivity contribution is 14.0. The van der Waals surface area contributed by atoms with Gasteiger partial charge in [-0.3, -0.25) is 4.99 Å². The van der Waals surface area contributed by atoms with E-state index in [1.807, 2.05) is 0 Å². The summed E-state index contributed by atoms with van der Waals surface area (Å²) in [6, 6.07) is 0.665. The molecule has 2 saturated carbocycles. The maximum Gasteiger partial charge on any atom is 0.191 e. The summed E-state index contributed by atoms with van der Waals surface area (Å²) >= 11 is 0. The van der Waals surface area contributed by atoms with Crippen LogP contribution in [0.1, 0.15) is 58.8 Å². The van der Waals surface area contributed by atoms with E-state index in [2.05, 4.69) is 25.8 Å². The molecule has 0 saturated heterocycles. The summed E-state index contributed by atoms with van der Waals surface area (Å²) in [5, 5.41) is 0. The maximum absolute atomic E-state index is 6.10. The third-order valence-corrected chi connectivity index (χ3v) is 4.54. The van der Waals surface area contributed by atoms with Crippen molar-refractivity contribution in [3.05, 3.63) is 0 Å². The zero-order valence-electron chi connectivity index (χ0n) is 12.7. The summed E-state index contributed by atoms with van der Waals surface area (Å²) in [6.07, 6.45) is 9.30. The van der Waals surface area contributed by atoms with Crippen molar-refractivity contribution < 1.29 is 0 Å². The van der Waals surface area contributed by atoms with Crippen molar-refractivity contribution in [3.8, 4) is 0 Å². The fourth-order valence-corrected chi connectivity index (χ4v) is 3.43. The van der Waals surface area contributed by atoms with Gasteiger partial charge in [0.05, 0.1) is 0 Å². The Kier molecular flexibility index (Phi) is 6.40. The molecule has 2 aliphatic rings. The first-order chi connectivity index (χ1) is 8.52. The van der Waals surface area contributed by atoms with Gasteiger partial charge in [-0.2, -0.15) is 0 Å². The van der Waals surface area contributed by atoms with Gasteiger partial charge < -0.3 is 10.6 Å². The Labute approximate surface area is 135 Å². The summed E-state index contributed by atoms with van der Waals surface area (Å²) in [5.41, 5.74) is 6.55. The predicted molar refractivity (Wildman–Crippen MR) is 93.0 cm³/mol. The highest BCUT2D eigenvalue weighted by Crippen LogP contribution is 2.43. The molecule has 0 amide bonds. The third kappa shape index (κ3) is 4.80. The lowest BCUT2D eigenvalue weighted by Gasteiger charge is -2.30. The van der Waals surface area contributed by atoms with E-state index in [1.165, 1.54) is 44.9 Å². The monoisotopic (exact) mass is 379 g/mol. The lowest BCUT2D eigenvalue weighted by atomic mass is 9.78. The number of nitrogens with two attached hydrogens (primary N) is 1. The number of rotatable bonds is 5. The Morgan fingerprint density at radius 2 is 1.89 bits per heavy atom. The number of hydrogen-bond donors (Lipinski definition) is 1. The number of aliphatic imine (C=N–C) groups is 1. The Hall–Kier alpha value is 0. The van der Waals surface area contributed by atoms with Crippen LogP contribution in [-0.2, 0) is 0 Å². The fourth-order valence-electron chi connectivity index (χ4n) is 3.43. The molecular weight excluding hydrogens is 349 g/mol. The van der Waals surface area contributed by atoms with Crippen LogP contribution in [0.3, 0.4) is 0 Å². The summed E-state index contributed by atoms with van der Waals surface area (Å²) in [5.74, 6) is 1.52. The van der Waals surface area contributed by atoms with Gasteiger partial charge in [0.2, 0.25) is 0 Å². The molecule has 2 fully saturated rings. The van der Waals surface area contributed by atoms with Crippen molar-refractivity contribution >= 4 is 29.9 Å². The second-order valence-electron chi connectivity index (χ2n) is 6.82. The van der Waals surface area contributed by atoms with Crippen LogP contribution < -0.4 is 5.73 Å². The molecule has 0 atom stereocenters. The van der Waals surface area contributed by atoms with Crippen molar-refractivity contribution in [2.24, 2.45) is 22.1 Å². The van der Waals surface area contributed by atoms with Crippen LogP contribution in [-0.4, -0.2) is 30.5 Å². The second-order valence-corrected chi connectivity index (χ2v) is 6.82. The molecule has 2 N–H and O–H groups in total. The first-order valence-corrected chi connectivity index (χ1v) is 7.55. The standard InChI is InChI=1S/C15H29N3.HI/c1-12(2)10-15(8-4-5-9-15)11-17-14(16)18(3)13-6-7-13;/h12-13H,4-11H2,1-3H3,(H2,16,17);1H. The van der Waals surface area contributed by atoms with E-state index in [0.29, 0.717) is 11.5 Å². The van der Waals surface area contributed by atoms with Gasteiger partial charge >= 0.3 is 0 Å². The Bertz CT molecular complexity index is 305. The average Bonchev–Trinajstić information content (AvgIpc) is 3.07. The molecule has 19 heavy (non-hydrogen) atoms. The Morgan fingerprint density at radius 3 is 2.37 bits per heavy atom. The van der Waals surface area contributed by atoms with Crippen molar-refractivity contribution in [2.45, 2.75) is 64.8 Å². The minimum absolute atomic E-state index is 0. The van der Waals surface area contributed by atoms with Crippen LogP contribution in [0.4, 0.5) is 0 Å². The molecule has 2 rings (SSSR count). The topological polar surface area (TPSA) is 41.6 Å². The van der Waals surface area contributed by atoms with Gasteiger partial charge in [-0.25, -0.2) is 0 Å². The molecule has 0 bridgehead atoms. The zero-order valence-corrected chi connectivity index (χ0v) is 15.0. The number of halogens is 1. The van der Waals surface area contributed by atoms with Gasteiger partial charge in [0.15, 0.2) is 5.96 Å². The predicted octanol–water partition coefficient (Wildman–Crippen LogP) is 3.62. The molecular formula is C15H30IN3. The van der Waals surface area contributed by atoms with Crippen molar-refractivity contribution in [1.82, 2.24) is 4.90 Å². The first kappa shape index (κ1) is 17.1. The molecule has 0 radical (unpaired) electrons. The van der Waals surface area contributed by atoms with Crippen molar-refractivity contribution in [2.75, 3.05) is 13.6 Å². The quantitative estimate of drug-likeness (QED) is 0.450. The van der Waals surface area contributed by atoms with Crippen molar-refractivity contribution in [1.29, 1.82) is 0 Å². The smallest absolute Gasteiger partial charge is 0.191 e. The highest BCUT2D eigenvalue weighted by Gasteiger charge is 2.34. The lowest BCUT2D eigenvalue weighted by Crippen LogP contribution is -2.37. The molecule has 3 nitrogen and oxygen atoms in total. The molecule has 0 aliphatic heterocycles. The van der Waals surface area contributed by atoms with E-state index >= 15 is 0 Å². The van der Waals surface area contributed by atoms with E-state index in [9.17, 15) is 0 Å². The van der Waals surface area contributed by atoms with E-state index in [1.54, 1.807) is 0 Å². The van der Waals surface area contributed by atoms with Crippen LogP contribution in [0.2, 0.25) is 0 Å². The summed E-state index contributed by atoms with van der Waals surface area (Å²) in [7, 11) is 2.08. The fraction of sp³-hybridized carbons (Fsp3) is 0.933. The summed E-state index contributed by atoms with van der Waals surface area (Å²) in [6.45, 7) is 5.58. The molecule has 2 aliphatic carbocycles. The minimum atomic E-state index is 0. The molecule has 0 aromatic heterocycles. The van der Waals surface area contributed by atoms with Crippen LogP contribution in [0.25, 0.3) is 0 Å². The molecule has 0 spiro atoms. The Balaban J connectivity index is 0.00000180. The van der Waals surface area contributed by atoms with Gasteiger partial charge in [0, 0.05) is 19.6 Å². The largest absolute Gasteiger partial charge is 0.370 e. The molecule has 0 aromatic carbocycles. The molecule has 4 heteroatoms. The third-order valence-electron chi connectivity index (χ3n) is 4.54. The number of guanidine groups is 1. The van der Waals surface area contributed by atoms with Gasteiger partial charge in [-0.15, -0.1) is 24.0 Å². The summed E-state index contributed by atoms with van der Waals surface area (Å²) < 4.78 is 0. The molecule has 0 aromatic rings. The van der Waals surface area contributed by atoms with Crippen LogP contribution in [0, 0.1) is 11.3 Å². The van der Waals surface area contributed by atoms with Gasteiger partial charge in [-0.05, 0) is 43.4 Å². The van der Waals surface area contributed by atoms with Crippen LogP contribution in [0.15, 0.2) is 4.99 Å². The zero-order chi connectivity index (χ0) is 13.2. The maximum atomic E-state index is 6.10. The van der Waals surface area contributed by atoms with E-state index in [-0.39, 0.29) is 24.0 Å². The van der Waals surface area contributed by atoms with E-state index < -0.39 is 0 Å².